The van der Waals surface area contributed by atoms with Crippen LogP contribution in [0.5, 0.6) is 0 Å². The Labute approximate surface area is 136 Å². The fourth-order valence-electron chi connectivity index (χ4n) is 3.93. The first-order chi connectivity index (χ1) is 10.1. The van der Waals surface area contributed by atoms with Crippen molar-refractivity contribution in [2.75, 3.05) is 0 Å². The first-order valence-electron chi connectivity index (χ1n) is 8.95. The molecule has 1 heterocycles. The number of carbonyl (C=O) groups excluding carboxylic acids is 2. The normalized spacial score (nSPS) is 20.1. The zero-order valence-corrected chi connectivity index (χ0v) is 15.5. The number of imide groups is 1. The van der Waals surface area contributed by atoms with E-state index in [0.717, 1.165) is 19.3 Å². The van der Waals surface area contributed by atoms with Gasteiger partial charge < -0.3 is 0 Å². The molecule has 0 spiro atoms. The molecule has 128 valence electrons. The van der Waals surface area contributed by atoms with Gasteiger partial charge in [-0.15, -0.1) is 0 Å². The van der Waals surface area contributed by atoms with Gasteiger partial charge in [0.25, 0.3) is 0 Å². The summed E-state index contributed by atoms with van der Waals surface area (Å²) in [6.07, 6.45) is 8.11. The van der Waals surface area contributed by atoms with Crippen molar-refractivity contribution in [3.63, 3.8) is 0 Å². The average Bonchev–Trinajstić information content (AvgIpc) is 2.61. The number of likely N-dealkylation sites (tertiary alicyclic amines) is 1. The first-order valence-corrected chi connectivity index (χ1v) is 8.95. The number of unbranched alkanes of at least 4 members (excludes halogenated alkanes) is 4. The number of nitrogens with zero attached hydrogens (tertiary/aromatic N) is 1. The highest BCUT2D eigenvalue weighted by atomic mass is 16.2. The second kappa shape index (κ2) is 7.61. The summed E-state index contributed by atoms with van der Waals surface area (Å²) in [5.74, 6) is 0.0147. The molecule has 3 heteroatoms. The third kappa shape index (κ3) is 5.40. The maximum Gasteiger partial charge on any atom is 0.233 e. The number of amides is 2. The van der Waals surface area contributed by atoms with Gasteiger partial charge in [0.2, 0.25) is 11.8 Å². The summed E-state index contributed by atoms with van der Waals surface area (Å²) in [6, 6.07) is 0. The van der Waals surface area contributed by atoms with Gasteiger partial charge in [-0.05, 0) is 32.1 Å². The molecule has 2 amide bonds. The van der Waals surface area contributed by atoms with Crippen molar-refractivity contribution >= 4 is 11.8 Å². The molecule has 0 radical (unpaired) electrons. The molecule has 0 saturated carbocycles. The summed E-state index contributed by atoms with van der Waals surface area (Å²) in [6.45, 7) is 12.7. The van der Waals surface area contributed by atoms with Crippen molar-refractivity contribution in [3.05, 3.63) is 0 Å². The predicted octanol–water partition coefficient (Wildman–Crippen LogP) is 4.94. The Morgan fingerprint density at radius 3 is 2.14 bits per heavy atom. The maximum atomic E-state index is 12.7. The van der Waals surface area contributed by atoms with Crippen LogP contribution < -0.4 is 0 Å². The Hall–Kier alpha value is -0.860. The Morgan fingerprint density at radius 1 is 1.00 bits per heavy atom. The number of hydrogen-bond donors (Lipinski definition) is 0. The zero-order chi connectivity index (χ0) is 17.0. The Kier molecular flexibility index (Phi) is 6.64. The van der Waals surface area contributed by atoms with Gasteiger partial charge >= 0.3 is 0 Å². The van der Waals surface area contributed by atoms with Crippen molar-refractivity contribution in [3.8, 4) is 0 Å². The van der Waals surface area contributed by atoms with Gasteiger partial charge in [-0.25, -0.2) is 0 Å². The SMILES string of the molecule is CCCCCCCC1CC(=O)N(C(C)(C)CC(C)(C)C)C1=O. The molecule has 0 bridgehead atoms. The third-order valence-corrected chi connectivity index (χ3v) is 4.46. The molecule has 1 aliphatic heterocycles. The van der Waals surface area contributed by atoms with Crippen molar-refractivity contribution in [1.82, 2.24) is 4.90 Å². The van der Waals surface area contributed by atoms with Gasteiger partial charge in [-0.2, -0.15) is 0 Å². The van der Waals surface area contributed by atoms with Crippen LogP contribution in [0.25, 0.3) is 0 Å². The van der Waals surface area contributed by atoms with Gasteiger partial charge in [-0.3, -0.25) is 14.5 Å². The van der Waals surface area contributed by atoms with Crippen molar-refractivity contribution < 1.29 is 9.59 Å². The summed E-state index contributed by atoms with van der Waals surface area (Å²) in [5.41, 5.74) is -0.286. The molecular formula is C19H35NO2. The predicted molar refractivity (Wildman–Crippen MR) is 91.5 cm³/mol. The molecule has 0 aliphatic carbocycles. The number of carbonyl (C=O) groups is 2. The minimum atomic E-state index is -0.386. The van der Waals surface area contributed by atoms with Crippen LogP contribution in [0.2, 0.25) is 0 Å². The lowest BCUT2D eigenvalue weighted by Crippen LogP contribution is -2.49. The summed E-state index contributed by atoms with van der Waals surface area (Å²) >= 11 is 0. The third-order valence-electron chi connectivity index (χ3n) is 4.46. The van der Waals surface area contributed by atoms with Crippen LogP contribution in [-0.2, 0) is 9.59 Å². The van der Waals surface area contributed by atoms with E-state index < -0.39 is 0 Å². The van der Waals surface area contributed by atoms with E-state index in [0.29, 0.717) is 6.42 Å². The van der Waals surface area contributed by atoms with E-state index in [4.69, 9.17) is 0 Å². The minimum Gasteiger partial charge on any atom is -0.277 e. The zero-order valence-electron chi connectivity index (χ0n) is 15.5. The molecule has 1 fully saturated rings. The van der Waals surface area contributed by atoms with Crippen LogP contribution in [0.1, 0.15) is 92.9 Å². The monoisotopic (exact) mass is 309 g/mol. The lowest BCUT2D eigenvalue weighted by atomic mass is 9.81. The molecule has 1 atom stereocenters. The molecule has 3 nitrogen and oxygen atoms in total. The minimum absolute atomic E-state index is 0.0257. The van der Waals surface area contributed by atoms with Crippen LogP contribution in [0.3, 0.4) is 0 Å². The van der Waals surface area contributed by atoms with Crippen molar-refractivity contribution in [2.24, 2.45) is 11.3 Å². The van der Waals surface area contributed by atoms with Crippen LogP contribution >= 0.6 is 0 Å². The summed E-state index contributed by atoms with van der Waals surface area (Å²) in [7, 11) is 0. The second-order valence-electron chi connectivity index (χ2n) is 8.72. The Bertz CT molecular complexity index is 393. The molecule has 0 aromatic rings. The molecule has 0 aromatic carbocycles. The largest absolute Gasteiger partial charge is 0.277 e. The second-order valence-corrected chi connectivity index (χ2v) is 8.72. The van der Waals surface area contributed by atoms with Gasteiger partial charge in [0.05, 0.1) is 0 Å². The van der Waals surface area contributed by atoms with Gasteiger partial charge in [-0.1, -0.05) is 59.8 Å². The topological polar surface area (TPSA) is 37.4 Å². The van der Waals surface area contributed by atoms with E-state index in [9.17, 15) is 9.59 Å². The molecule has 1 unspecified atom stereocenters. The van der Waals surface area contributed by atoms with Crippen LogP contribution in [0, 0.1) is 11.3 Å². The van der Waals surface area contributed by atoms with E-state index in [-0.39, 0.29) is 28.7 Å². The summed E-state index contributed by atoms with van der Waals surface area (Å²) < 4.78 is 0. The van der Waals surface area contributed by atoms with E-state index >= 15 is 0 Å². The van der Waals surface area contributed by atoms with Gasteiger partial charge in [0.15, 0.2) is 0 Å². The molecule has 22 heavy (non-hydrogen) atoms. The van der Waals surface area contributed by atoms with E-state index in [2.05, 4.69) is 27.7 Å². The van der Waals surface area contributed by atoms with E-state index in [1.54, 1.807) is 4.90 Å². The van der Waals surface area contributed by atoms with E-state index in [1.165, 1.54) is 25.7 Å². The highest BCUT2D eigenvalue weighted by Crippen LogP contribution is 2.37. The first kappa shape index (κ1) is 19.2. The lowest BCUT2D eigenvalue weighted by Gasteiger charge is -2.39. The Morgan fingerprint density at radius 2 is 1.59 bits per heavy atom. The molecule has 0 aromatic heterocycles. The number of hydrogen-bond acceptors (Lipinski definition) is 2. The average molecular weight is 309 g/mol. The number of rotatable bonds is 8. The van der Waals surface area contributed by atoms with E-state index in [1.807, 2.05) is 13.8 Å². The Balaban J connectivity index is 2.60. The van der Waals surface area contributed by atoms with Crippen LogP contribution in [0.4, 0.5) is 0 Å². The van der Waals surface area contributed by atoms with Crippen molar-refractivity contribution in [1.29, 1.82) is 0 Å². The quantitative estimate of drug-likeness (QED) is 0.470. The molecule has 1 saturated heterocycles. The molecular weight excluding hydrogens is 274 g/mol. The summed E-state index contributed by atoms with van der Waals surface area (Å²) in [4.78, 5) is 26.6. The fraction of sp³-hybridized carbons (Fsp3) is 0.895. The summed E-state index contributed by atoms with van der Waals surface area (Å²) in [5, 5.41) is 0. The fourth-order valence-corrected chi connectivity index (χ4v) is 3.93. The van der Waals surface area contributed by atoms with Crippen LogP contribution in [0.15, 0.2) is 0 Å². The molecule has 1 rings (SSSR count). The highest BCUT2D eigenvalue weighted by molar-refractivity contribution is 6.04. The van der Waals surface area contributed by atoms with Gasteiger partial charge in [0.1, 0.15) is 0 Å². The van der Waals surface area contributed by atoms with Gasteiger partial charge in [0, 0.05) is 17.9 Å². The highest BCUT2D eigenvalue weighted by Gasteiger charge is 2.46. The molecule has 0 N–H and O–H groups in total. The lowest BCUT2D eigenvalue weighted by molar-refractivity contribution is -0.146. The van der Waals surface area contributed by atoms with Crippen LogP contribution in [-0.4, -0.2) is 22.3 Å². The maximum absolute atomic E-state index is 12.7. The smallest absolute Gasteiger partial charge is 0.233 e. The molecule has 1 aliphatic rings. The van der Waals surface area contributed by atoms with Crippen molar-refractivity contribution in [2.45, 2.75) is 98.4 Å². The standard InChI is InChI=1S/C19H35NO2/c1-7-8-9-10-11-12-15-13-16(21)20(17(15)22)19(5,6)14-18(2,3)4/h15H,7-14H2,1-6H3.